The zero-order valence-electron chi connectivity index (χ0n) is 14.0. The lowest BCUT2D eigenvalue weighted by atomic mass is 10.2. The van der Waals surface area contributed by atoms with E-state index >= 15 is 0 Å². The molecule has 1 amide bonds. The molecule has 0 spiro atoms. The number of aromatic nitrogens is 2. The molecule has 132 valence electrons. The van der Waals surface area contributed by atoms with E-state index in [0.29, 0.717) is 21.6 Å². The summed E-state index contributed by atoms with van der Waals surface area (Å²) >= 11 is 6.05. The van der Waals surface area contributed by atoms with Gasteiger partial charge in [-0.05, 0) is 36.8 Å². The van der Waals surface area contributed by atoms with Crippen LogP contribution in [0, 0.1) is 0 Å². The zero-order chi connectivity index (χ0) is 18.5. The molecule has 0 aliphatic heterocycles. The largest absolute Gasteiger partial charge is 0.449 e. The summed E-state index contributed by atoms with van der Waals surface area (Å²) in [5, 5.41) is 3.27. The first-order valence-electron chi connectivity index (χ1n) is 7.97. The molecule has 6 nitrogen and oxygen atoms in total. The van der Waals surface area contributed by atoms with Gasteiger partial charge in [-0.3, -0.25) is 14.8 Å². The summed E-state index contributed by atoms with van der Waals surface area (Å²) in [7, 11) is 0. The van der Waals surface area contributed by atoms with Crippen molar-refractivity contribution in [2.24, 2.45) is 0 Å². The first-order chi connectivity index (χ1) is 12.5. The quantitative estimate of drug-likeness (QED) is 0.699. The number of nitrogens with one attached hydrogen (secondary N) is 1. The van der Waals surface area contributed by atoms with Crippen LogP contribution in [0.15, 0.2) is 54.9 Å². The second-order valence-corrected chi connectivity index (χ2v) is 6.02. The van der Waals surface area contributed by atoms with E-state index in [0.717, 1.165) is 5.56 Å². The minimum atomic E-state index is -0.942. The van der Waals surface area contributed by atoms with Crippen molar-refractivity contribution >= 4 is 34.5 Å². The van der Waals surface area contributed by atoms with Crippen molar-refractivity contribution in [1.82, 2.24) is 15.3 Å². The minimum Gasteiger partial charge on any atom is -0.449 e. The Morgan fingerprint density at radius 3 is 2.62 bits per heavy atom. The number of halogens is 1. The number of hydrogen-bond acceptors (Lipinski definition) is 5. The van der Waals surface area contributed by atoms with Crippen molar-refractivity contribution in [3.8, 4) is 0 Å². The number of carbonyl (C=O) groups is 2. The van der Waals surface area contributed by atoms with E-state index in [2.05, 4.69) is 15.3 Å². The van der Waals surface area contributed by atoms with Crippen LogP contribution in [0.3, 0.4) is 0 Å². The highest BCUT2D eigenvalue weighted by Crippen LogP contribution is 2.15. The molecule has 2 aromatic carbocycles. The van der Waals surface area contributed by atoms with E-state index in [-0.39, 0.29) is 6.54 Å². The van der Waals surface area contributed by atoms with E-state index in [9.17, 15) is 9.59 Å². The second kappa shape index (κ2) is 7.93. The van der Waals surface area contributed by atoms with Crippen molar-refractivity contribution in [3.63, 3.8) is 0 Å². The number of amides is 1. The molecule has 26 heavy (non-hydrogen) atoms. The van der Waals surface area contributed by atoms with Gasteiger partial charge in [0.1, 0.15) is 0 Å². The topological polar surface area (TPSA) is 81.2 Å². The van der Waals surface area contributed by atoms with Gasteiger partial charge in [0.05, 0.1) is 16.6 Å². The van der Waals surface area contributed by atoms with Crippen molar-refractivity contribution in [3.05, 3.63) is 71.0 Å². The fourth-order valence-electron chi connectivity index (χ4n) is 2.34. The van der Waals surface area contributed by atoms with Crippen LogP contribution < -0.4 is 5.32 Å². The number of ether oxygens (including phenoxy) is 1. The Morgan fingerprint density at radius 1 is 1.12 bits per heavy atom. The molecule has 0 saturated heterocycles. The van der Waals surface area contributed by atoms with Crippen LogP contribution in [0.1, 0.15) is 22.8 Å². The Balaban J connectivity index is 1.60. The molecule has 0 aliphatic carbocycles. The fourth-order valence-corrected chi connectivity index (χ4v) is 2.54. The lowest BCUT2D eigenvalue weighted by Crippen LogP contribution is -2.35. The molecule has 1 atom stereocenters. The highest BCUT2D eigenvalue weighted by atomic mass is 35.5. The average molecular weight is 370 g/mol. The number of nitrogens with zero attached hydrogens (tertiary/aromatic N) is 2. The predicted octanol–water partition coefficient (Wildman–Crippen LogP) is 3.14. The highest BCUT2D eigenvalue weighted by molar-refractivity contribution is 6.31. The Labute approximate surface area is 155 Å². The lowest BCUT2D eigenvalue weighted by molar-refractivity contribution is -0.129. The molecule has 3 aromatic rings. The first kappa shape index (κ1) is 17.8. The summed E-state index contributed by atoms with van der Waals surface area (Å²) < 4.78 is 5.23. The van der Waals surface area contributed by atoms with Gasteiger partial charge in [-0.1, -0.05) is 29.8 Å². The SMILES string of the molecule is C[C@@H](OC(=O)c1ccc2nccnc2c1)C(=O)NCc1ccccc1Cl. The summed E-state index contributed by atoms with van der Waals surface area (Å²) in [6, 6.07) is 12.1. The molecule has 7 heteroatoms. The van der Waals surface area contributed by atoms with Gasteiger partial charge in [0, 0.05) is 24.0 Å². The summed E-state index contributed by atoms with van der Waals surface area (Å²) in [5.41, 5.74) is 2.35. The van der Waals surface area contributed by atoms with Gasteiger partial charge in [-0.25, -0.2) is 4.79 Å². The molecule has 0 fully saturated rings. The van der Waals surface area contributed by atoms with Crippen molar-refractivity contribution in [2.75, 3.05) is 0 Å². The van der Waals surface area contributed by atoms with Crippen LogP contribution >= 0.6 is 11.6 Å². The second-order valence-electron chi connectivity index (χ2n) is 5.62. The third-order valence-corrected chi connectivity index (χ3v) is 4.14. The number of rotatable bonds is 5. The van der Waals surface area contributed by atoms with E-state index in [4.69, 9.17) is 16.3 Å². The Hall–Kier alpha value is -2.99. The van der Waals surface area contributed by atoms with Crippen LogP contribution in [-0.2, 0) is 16.1 Å². The van der Waals surface area contributed by atoms with Gasteiger partial charge in [0.25, 0.3) is 5.91 Å². The van der Waals surface area contributed by atoms with Gasteiger partial charge in [-0.2, -0.15) is 0 Å². The molecule has 0 saturated carbocycles. The molecule has 1 N–H and O–H groups in total. The summed E-state index contributed by atoms with van der Waals surface area (Å²) in [6.45, 7) is 1.77. The van der Waals surface area contributed by atoms with Gasteiger partial charge in [0.15, 0.2) is 6.10 Å². The maximum absolute atomic E-state index is 12.3. The fraction of sp³-hybridized carbons (Fsp3) is 0.158. The van der Waals surface area contributed by atoms with Crippen molar-refractivity contribution in [2.45, 2.75) is 19.6 Å². The predicted molar refractivity (Wildman–Crippen MR) is 97.7 cm³/mol. The maximum atomic E-state index is 12.3. The van der Waals surface area contributed by atoms with E-state index in [1.807, 2.05) is 18.2 Å². The van der Waals surface area contributed by atoms with Gasteiger partial charge >= 0.3 is 5.97 Å². The van der Waals surface area contributed by atoms with Crippen LogP contribution in [0.5, 0.6) is 0 Å². The molecule has 0 radical (unpaired) electrons. The van der Waals surface area contributed by atoms with Crippen molar-refractivity contribution < 1.29 is 14.3 Å². The molecular formula is C19H16ClN3O3. The van der Waals surface area contributed by atoms with Crippen LogP contribution in [0.4, 0.5) is 0 Å². The highest BCUT2D eigenvalue weighted by Gasteiger charge is 2.19. The normalized spacial score (nSPS) is 11.8. The molecule has 0 unspecified atom stereocenters. The smallest absolute Gasteiger partial charge is 0.338 e. The van der Waals surface area contributed by atoms with Gasteiger partial charge in [-0.15, -0.1) is 0 Å². The third-order valence-electron chi connectivity index (χ3n) is 3.77. The summed E-state index contributed by atoms with van der Waals surface area (Å²) in [4.78, 5) is 32.7. The number of carbonyl (C=O) groups excluding carboxylic acids is 2. The Kier molecular flexibility index (Phi) is 5.43. The van der Waals surface area contributed by atoms with E-state index < -0.39 is 18.0 Å². The van der Waals surface area contributed by atoms with Gasteiger partial charge < -0.3 is 10.1 Å². The summed E-state index contributed by atoms with van der Waals surface area (Å²) in [5.74, 6) is -1.00. The number of fused-ring (bicyclic) bond motifs is 1. The molecule has 0 bridgehead atoms. The third kappa shape index (κ3) is 4.15. The van der Waals surface area contributed by atoms with E-state index in [1.54, 1.807) is 36.7 Å². The average Bonchev–Trinajstić information content (AvgIpc) is 2.66. The van der Waals surface area contributed by atoms with Crippen LogP contribution in [-0.4, -0.2) is 27.9 Å². The zero-order valence-corrected chi connectivity index (χ0v) is 14.7. The Bertz CT molecular complexity index is 961. The first-order valence-corrected chi connectivity index (χ1v) is 8.35. The molecular weight excluding hydrogens is 354 g/mol. The Morgan fingerprint density at radius 2 is 1.85 bits per heavy atom. The maximum Gasteiger partial charge on any atom is 0.338 e. The van der Waals surface area contributed by atoms with Gasteiger partial charge in [0.2, 0.25) is 0 Å². The molecule has 1 aromatic heterocycles. The molecule has 3 rings (SSSR count). The summed E-state index contributed by atoms with van der Waals surface area (Å²) in [6.07, 6.45) is 2.18. The van der Waals surface area contributed by atoms with Crippen LogP contribution in [0.2, 0.25) is 5.02 Å². The standard InChI is InChI=1S/C19H16ClN3O3/c1-12(18(24)23-11-14-4-2-3-5-15(14)20)26-19(25)13-6-7-16-17(10-13)22-9-8-21-16/h2-10,12H,11H2,1H3,(H,23,24)/t12-/m1/s1. The lowest BCUT2D eigenvalue weighted by Gasteiger charge is -2.14. The molecule has 0 aliphatic rings. The van der Waals surface area contributed by atoms with Crippen LogP contribution in [0.25, 0.3) is 11.0 Å². The number of benzene rings is 2. The van der Waals surface area contributed by atoms with E-state index in [1.165, 1.54) is 6.92 Å². The number of esters is 1. The molecule has 1 heterocycles. The monoisotopic (exact) mass is 369 g/mol. The van der Waals surface area contributed by atoms with Crippen molar-refractivity contribution in [1.29, 1.82) is 0 Å². The minimum absolute atomic E-state index is 0.256. The number of hydrogen-bond donors (Lipinski definition) is 1.